The number of urea groups is 1. The van der Waals surface area contributed by atoms with Gasteiger partial charge in [0.25, 0.3) is 0 Å². The SMILES string of the molecule is [NH]C(=O)N1CCNCC1C1CCCC1. The fourth-order valence-corrected chi connectivity index (χ4v) is 2.74. The smallest absolute Gasteiger partial charge is 0.318 e. The minimum atomic E-state index is -0.497. The highest BCUT2D eigenvalue weighted by Crippen LogP contribution is 2.30. The van der Waals surface area contributed by atoms with Crippen molar-refractivity contribution in [2.45, 2.75) is 31.7 Å². The molecule has 14 heavy (non-hydrogen) atoms. The van der Waals surface area contributed by atoms with Gasteiger partial charge in [-0.25, -0.2) is 10.5 Å². The highest BCUT2D eigenvalue weighted by Gasteiger charge is 2.33. The van der Waals surface area contributed by atoms with Gasteiger partial charge in [0.1, 0.15) is 0 Å². The number of piperazine rings is 1. The van der Waals surface area contributed by atoms with Crippen LogP contribution in [-0.2, 0) is 0 Å². The molecule has 0 spiro atoms. The molecule has 1 heterocycles. The van der Waals surface area contributed by atoms with Crippen LogP contribution in [0.2, 0.25) is 0 Å². The lowest BCUT2D eigenvalue weighted by Gasteiger charge is -2.38. The van der Waals surface area contributed by atoms with Gasteiger partial charge in [0.2, 0.25) is 0 Å². The molecule has 0 bridgehead atoms. The highest BCUT2D eigenvalue weighted by atomic mass is 16.2. The fourth-order valence-electron chi connectivity index (χ4n) is 2.74. The molecular weight excluding hydrogens is 178 g/mol. The maximum Gasteiger partial charge on any atom is 0.336 e. The van der Waals surface area contributed by atoms with Crippen molar-refractivity contribution in [1.82, 2.24) is 16.0 Å². The summed E-state index contributed by atoms with van der Waals surface area (Å²) >= 11 is 0. The second kappa shape index (κ2) is 4.17. The van der Waals surface area contributed by atoms with Crippen molar-refractivity contribution in [3.05, 3.63) is 0 Å². The number of rotatable bonds is 1. The molecular formula is C10H18N3O. The Bertz CT molecular complexity index is 213. The van der Waals surface area contributed by atoms with Crippen LogP contribution in [0, 0.1) is 5.92 Å². The third-order valence-electron chi connectivity index (χ3n) is 3.49. The van der Waals surface area contributed by atoms with Crippen molar-refractivity contribution >= 4 is 6.03 Å². The molecule has 1 saturated heterocycles. The quantitative estimate of drug-likeness (QED) is 0.676. The zero-order valence-corrected chi connectivity index (χ0v) is 8.46. The second-order valence-corrected chi connectivity index (χ2v) is 4.31. The van der Waals surface area contributed by atoms with E-state index in [2.05, 4.69) is 5.32 Å². The summed E-state index contributed by atoms with van der Waals surface area (Å²) in [5.74, 6) is 0.636. The molecule has 2 amide bonds. The number of carbonyl (C=O) groups excluding carboxylic acids is 1. The van der Waals surface area contributed by atoms with Gasteiger partial charge >= 0.3 is 6.03 Å². The summed E-state index contributed by atoms with van der Waals surface area (Å²) in [5.41, 5.74) is 7.23. The maximum absolute atomic E-state index is 11.1. The predicted molar refractivity (Wildman–Crippen MR) is 53.8 cm³/mol. The summed E-state index contributed by atoms with van der Waals surface area (Å²) in [5, 5.41) is 3.32. The van der Waals surface area contributed by atoms with E-state index in [1.807, 2.05) is 0 Å². The van der Waals surface area contributed by atoms with Gasteiger partial charge in [-0.3, -0.25) is 0 Å². The lowest BCUT2D eigenvalue weighted by atomic mass is 9.95. The monoisotopic (exact) mass is 196 g/mol. The Morgan fingerprint density at radius 3 is 2.71 bits per heavy atom. The largest absolute Gasteiger partial charge is 0.336 e. The average Bonchev–Trinajstić information content (AvgIpc) is 2.70. The van der Waals surface area contributed by atoms with Gasteiger partial charge in [-0.15, -0.1) is 0 Å². The van der Waals surface area contributed by atoms with Crippen molar-refractivity contribution in [1.29, 1.82) is 0 Å². The third kappa shape index (κ3) is 1.85. The van der Waals surface area contributed by atoms with Gasteiger partial charge in [-0.1, -0.05) is 12.8 Å². The van der Waals surface area contributed by atoms with Crippen molar-refractivity contribution < 1.29 is 4.79 Å². The standard InChI is InChI=1S/C10H18N3O/c11-10(14)13-6-5-12-7-9(13)8-3-1-2-4-8/h8-9,11-12H,1-7H2. The van der Waals surface area contributed by atoms with Crippen LogP contribution in [0.1, 0.15) is 25.7 Å². The Hall–Kier alpha value is -0.770. The van der Waals surface area contributed by atoms with Gasteiger partial charge in [-0.2, -0.15) is 0 Å². The van der Waals surface area contributed by atoms with Crippen molar-refractivity contribution in [2.24, 2.45) is 5.92 Å². The number of hydrogen-bond acceptors (Lipinski definition) is 2. The molecule has 2 rings (SSSR count). The molecule has 0 aromatic rings. The lowest BCUT2D eigenvalue weighted by Crippen LogP contribution is -2.56. The highest BCUT2D eigenvalue weighted by molar-refractivity contribution is 5.71. The first kappa shape index (κ1) is 9.77. The average molecular weight is 196 g/mol. The van der Waals surface area contributed by atoms with Crippen LogP contribution in [0.5, 0.6) is 0 Å². The summed E-state index contributed by atoms with van der Waals surface area (Å²) < 4.78 is 0. The predicted octanol–water partition coefficient (Wildman–Crippen LogP) is 0.853. The molecule has 0 aromatic heterocycles. The van der Waals surface area contributed by atoms with Gasteiger partial charge in [0.05, 0.1) is 0 Å². The van der Waals surface area contributed by atoms with E-state index in [4.69, 9.17) is 5.73 Å². The molecule has 4 heteroatoms. The van der Waals surface area contributed by atoms with E-state index in [0.717, 1.165) is 13.1 Å². The van der Waals surface area contributed by atoms with Gasteiger partial charge in [-0.05, 0) is 18.8 Å². The zero-order valence-electron chi connectivity index (χ0n) is 8.46. The Morgan fingerprint density at radius 1 is 1.36 bits per heavy atom. The summed E-state index contributed by atoms with van der Waals surface area (Å²) in [6, 6.07) is -0.209. The van der Waals surface area contributed by atoms with E-state index in [-0.39, 0.29) is 6.04 Å². The van der Waals surface area contributed by atoms with Gasteiger partial charge in [0.15, 0.2) is 0 Å². The maximum atomic E-state index is 11.1. The van der Waals surface area contributed by atoms with Crippen molar-refractivity contribution in [3.8, 4) is 0 Å². The number of hydrogen-bond donors (Lipinski definition) is 1. The number of carbonyl (C=O) groups is 1. The molecule has 4 nitrogen and oxygen atoms in total. The molecule has 2 N–H and O–H groups in total. The summed E-state index contributed by atoms with van der Waals surface area (Å²) in [6.45, 7) is 2.44. The first-order chi connectivity index (χ1) is 6.79. The normalized spacial score (nSPS) is 29.4. The first-order valence-electron chi connectivity index (χ1n) is 5.52. The number of nitrogens with one attached hydrogen (secondary N) is 2. The molecule has 1 aliphatic heterocycles. The first-order valence-corrected chi connectivity index (χ1v) is 5.52. The van der Waals surface area contributed by atoms with Crippen LogP contribution in [-0.4, -0.2) is 36.6 Å². The van der Waals surface area contributed by atoms with E-state index in [1.54, 1.807) is 4.90 Å². The number of amides is 2. The van der Waals surface area contributed by atoms with E-state index in [1.165, 1.54) is 25.7 Å². The molecule has 79 valence electrons. The van der Waals surface area contributed by atoms with E-state index < -0.39 is 6.03 Å². The van der Waals surface area contributed by atoms with Crippen LogP contribution in [0.4, 0.5) is 4.79 Å². The van der Waals surface area contributed by atoms with E-state index in [0.29, 0.717) is 12.5 Å². The van der Waals surface area contributed by atoms with E-state index in [9.17, 15) is 4.79 Å². The minimum absolute atomic E-state index is 0.288. The Labute approximate surface area is 84.8 Å². The topological polar surface area (TPSA) is 56.1 Å². The molecule has 1 saturated carbocycles. The summed E-state index contributed by atoms with van der Waals surface area (Å²) in [4.78, 5) is 12.9. The summed E-state index contributed by atoms with van der Waals surface area (Å²) in [6.07, 6.45) is 5.05. The zero-order chi connectivity index (χ0) is 9.97. The van der Waals surface area contributed by atoms with Crippen molar-refractivity contribution in [3.63, 3.8) is 0 Å². The van der Waals surface area contributed by atoms with Crippen LogP contribution in [0.15, 0.2) is 0 Å². The number of nitrogens with zero attached hydrogens (tertiary/aromatic N) is 1. The van der Waals surface area contributed by atoms with Crippen molar-refractivity contribution in [2.75, 3.05) is 19.6 Å². The van der Waals surface area contributed by atoms with Gasteiger partial charge < -0.3 is 10.2 Å². The molecule has 0 aromatic carbocycles. The molecule has 1 atom stereocenters. The Morgan fingerprint density at radius 2 is 2.07 bits per heavy atom. The van der Waals surface area contributed by atoms with Crippen LogP contribution in [0.3, 0.4) is 0 Å². The minimum Gasteiger partial charge on any atom is -0.318 e. The van der Waals surface area contributed by atoms with Gasteiger partial charge in [0, 0.05) is 25.7 Å². The molecule has 2 aliphatic rings. The fraction of sp³-hybridized carbons (Fsp3) is 0.900. The summed E-state index contributed by atoms with van der Waals surface area (Å²) in [7, 11) is 0. The van der Waals surface area contributed by atoms with Crippen LogP contribution < -0.4 is 11.1 Å². The molecule has 1 radical (unpaired) electrons. The Balaban J connectivity index is 2.01. The second-order valence-electron chi connectivity index (χ2n) is 4.31. The van der Waals surface area contributed by atoms with Crippen LogP contribution in [0.25, 0.3) is 0 Å². The lowest BCUT2D eigenvalue weighted by molar-refractivity contribution is 0.134. The van der Waals surface area contributed by atoms with E-state index >= 15 is 0 Å². The molecule has 1 aliphatic carbocycles. The molecule has 2 fully saturated rings. The molecule has 1 unspecified atom stereocenters. The third-order valence-corrected chi connectivity index (χ3v) is 3.49. The Kier molecular flexibility index (Phi) is 2.91. The van der Waals surface area contributed by atoms with Crippen LogP contribution >= 0.6 is 0 Å².